The van der Waals surface area contributed by atoms with Crippen molar-refractivity contribution in [2.24, 2.45) is 5.73 Å². The molecule has 0 unspecified atom stereocenters. The summed E-state index contributed by atoms with van der Waals surface area (Å²) < 4.78 is 1.51. The standard InChI is InChI=1S/C16H15ClN4O2/c1-3-6-12(15(18)22)19-16(23)14-10(2)9-21(20-14)13-8-5-4-7-11(13)17/h1,4-5,7-9,12H,6H2,2H3,(H2,18,22)(H,19,23)/t12-/m1/s1. The number of hydrogen-bond donors (Lipinski definition) is 2. The first-order valence-electron chi connectivity index (χ1n) is 6.79. The number of amides is 2. The van der Waals surface area contributed by atoms with Gasteiger partial charge in [0.1, 0.15) is 6.04 Å². The van der Waals surface area contributed by atoms with Crippen LogP contribution in [0.1, 0.15) is 22.5 Å². The number of nitrogens with one attached hydrogen (secondary N) is 1. The van der Waals surface area contributed by atoms with Crippen molar-refractivity contribution < 1.29 is 9.59 Å². The van der Waals surface area contributed by atoms with Gasteiger partial charge in [0.2, 0.25) is 5.91 Å². The largest absolute Gasteiger partial charge is 0.368 e. The van der Waals surface area contributed by atoms with Crippen molar-refractivity contribution in [3.05, 3.63) is 46.7 Å². The van der Waals surface area contributed by atoms with Crippen LogP contribution < -0.4 is 11.1 Å². The van der Waals surface area contributed by atoms with Crippen molar-refractivity contribution in [3.8, 4) is 18.0 Å². The van der Waals surface area contributed by atoms with Crippen LogP contribution in [0.2, 0.25) is 5.02 Å². The summed E-state index contributed by atoms with van der Waals surface area (Å²) in [6.45, 7) is 1.73. The fourth-order valence-electron chi connectivity index (χ4n) is 2.01. The molecule has 118 valence electrons. The number of terminal acetylenes is 1. The molecule has 0 radical (unpaired) electrons. The van der Waals surface area contributed by atoms with Crippen LogP contribution in [0, 0.1) is 19.3 Å². The van der Waals surface area contributed by atoms with Crippen LogP contribution >= 0.6 is 11.6 Å². The van der Waals surface area contributed by atoms with Crippen molar-refractivity contribution >= 4 is 23.4 Å². The Hall–Kier alpha value is -2.78. The second-order valence-electron chi connectivity index (χ2n) is 4.89. The van der Waals surface area contributed by atoms with Crippen LogP contribution in [-0.2, 0) is 4.79 Å². The van der Waals surface area contributed by atoms with Crippen LogP contribution in [0.5, 0.6) is 0 Å². The molecule has 1 atom stereocenters. The molecule has 0 bridgehead atoms. The molecular formula is C16H15ClN4O2. The smallest absolute Gasteiger partial charge is 0.272 e. The summed E-state index contributed by atoms with van der Waals surface area (Å²) in [6.07, 6.45) is 6.86. The van der Waals surface area contributed by atoms with Gasteiger partial charge in [-0.1, -0.05) is 23.7 Å². The first-order valence-corrected chi connectivity index (χ1v) is 7.16. The number of nitrogens with zero attached hydrogens (tertiary/aromatic N) is 2. The van der Waals surface area contributed by atoms with Crippen LogP contribution in [0.25, 0.3) is 5.69 Å². The minimum absolute atomic E-state index is 0.0192. The zero-order chi connectivity index (χ0) is 17.0. The van der Waals surface area contributed by atoms with Crippen molar-refractivity contribution in [1.82, 2.24) is 15.1 Å². The number of hydrogen-bond acceptors (Lipinski definition) is 3. The van der Waals surface area contributed by atoms with E-state index in [4.69, 9.17) is 23.8 Å². The summed E-state index contributed by atoms with van der Waals surface area (Å²) in [5.74, 6) is 1.08. The van der Waals surface area contributed by atoms with E-state index in [1.807, 2.05) is 6.07 Å². The molecule has 0 aliphatic carbocycles. The highest BCUT2D eigenvalue weighted by Crippen LogP contribution is 2.20. The highest BCUT2D eigenvalue weighted by Gasteiger charge is 2.21. The lowest BCUT2D eigenvalue weighted by molar-refractivity contribution is -0.119. The second-order valence-corrected chi connectivity index (χ2v) is 5.30. The normalized spacial score (nSPS) is 11.5. The van der Waals surface area contributed by atoms with E-state index in [1.54, 1.807) is 31.3 Å². The van der Waals surface area contributed by atoms with E-state index in [9.17, 15) is 9.59 Å². The molecule has 2 amide bonds. The SMILES string of the molecule is C#CC[C@@H](NC(=O)c1nn(-c2ccccc2Cl)cc1C)C(N)=O. The third kappa shape index (κ3) is 3.71. The third-order valence-electron chi connectivity index (χ3n) is 3.18. The van der Waals surface area contributed by atoms with Gasteiger partial charge in [-0.2, -0.15) is 5.10 Å². The number of benzene rings is 1. The lowest BCUT2D eigenvalue weighted by Gasteiger charge is -2.11. The van der Waals surface area contributed by atoms with Gasteiger partial charge in [-0.3, -0.25) is 9.59 Å². The summed E-state index contributed by atoms with van der Waals surface area (Å²) in [5, 5.41) is 7.22. The Morgan fingerprint density at radius 3 is 2.78 bits per heavy atom. The van der Waals surface area contributed by atoms with Gasteiger partial charge < -0.3 is 11.1 Å². The Labute approximate surface area is 138 Å². The molecule has 0 fully saturated rings. The quantitative estimate of drug-likeness (QED) is 0.813. The Bertz CT molecular complexity index is 792. The molecular weight excluding hydrogens is 316 g/mol. The van der Waals surface area contributed by atoms with Crippen molar-refractivity contribution in [2.45, 2.75) is 19.4 Å². The van der Waals surface area contributed by atoms with Crippen molar-refractivity contribution in [1.29, 1.82) is 0 Å². The van der Waals surface area contributed by atoms with Gasteiger partial charge >= 0.3 is 0 Å². The molecule has 6 nitrogen and oxygen atoms in total. The summed E-state index contributed by atoms with van der Waals surface area (Å²) >= 11 is 6.12. The molecule has 0 spiro atoms. The Morgan fingerprint density at radius 1 is 1.48 bits per heavy atom. The molecule has 2 aromatic rings. The number of halogens is 1. The molecule has 2 rings (SSSR count). The minimum atomic E-state index is -0.933. The molecule has 23 heavy (non-hydrogen) atoms. The Kier molecular flexibility index (Phi) is 5.04. The molecule has 7 heteroatoms. The average molecular weight is 331 g/mol. The van der Waals surface area contributed by atoms with Gasteiger partial charge in [0.25, 0.3) is 5.91 Å². The molecule has 1 aromatic carbocycles. The van der Waals surface area contributed by atoms with Gasteiger partial charge in [0.15, 0.2) is 5.69 Å². The summed E-state index contributed by atoms with van der Waals surface area (Å²) in [4.78, 5) is 23.6. The molecule has 0 aliphatic rings. The fraction of sp³-hybridized carbons (Fsp3) is 0.188. The predicted octanol–water partition coefficient (Wildman–Crippen LogP) is 1.44. The number of aryl methyl sites for hydroxylation is 1. The summed E-state index contributed by atoms with van der Waals surface area (Å²) in [7, 11) is 0. The number of para-hydroxylation sites is 1. The fourth-order valence-corrected chi connectivity index (χ4v) is 2.23. The molecule has 0 saturated carbocycles. The van der Waals surface area contributed by atoms with Crippen LogP contribution in [0.4, 0.5) is 0 Å². The number of aromatic nitrogens is 2. The predicted molar refractivity (Wildman–Crippen MR) is 87.2 cm³/mol. The lowest BCUT2D eigenvalue weighted by Crippen LogP contribution is -2.44. The van der Waals surface area contributed by atoms with Crippen LogP contribution in [0.15, 0.2) is 30.5 Å². The summed E-state index contributed by atoms with van der Waals surface area (Å²) in [5.41, 5.74) is 6.66. The second kappa shape index (κ2) is 6.99. The highest BCUT2D eigenvalue weighted by atomic mass is 35.5. The van der Waals surface area contributed by atoms with E-state index in [1.165, 1.54) is 4.68 Å². The number of nitrogens with two attached hydrogens (primary N) is 1. The lowest BCUT2D eigenvalue weighted by atomic mass is 10.2. The number of carbonyl (C=O) groups is 2. The zero-order valence-corrected chi connectivity index (χ0v) is 13.2. The molecule has 3 N–H and O–H groups in total. The maximum absolute atomic E-state index is 12.3. The highest BCUT2D eigenvalue weighted by molar-refractivity contribution is 6.32. The topological polar surface area (TPSA) is 90.0 Å². The molecule has 1 aromatic heterocycles. The van der Waals surface area contributed by atoms with Crippen LogP contribution in [-0.4, -0.2) is 27.6 Å². The van der Waals surface area contributed by atoms with Gasteiger partial charge in [-0.15, -0.1) is 12.3 Å². The van der Waals surface area contributed by atoms with Gasteiger partial charge in [-0.25, -0.2) is 4.68 Å². The summed E-state index contributed by atoms with van der Waals surface area (Å²) in [6, 6.07) is 6.18. The van der Waals surface area contributed by atoms with E-state index in [0.29, 0.717) is 16.3 Å². The van der Waals surface area contributed by atoms with E-state index in [-0.39, 0.29) is 12.1 Å². The molecule has 0 saturated heterocycles. The third-order valence-corrected chi connectivity index (χ3v) is 3.50. The molecule has 0 aliphatic heterocycles. The van der Waals surface area contributed by atoms with Crippen molar-refractivity contribution in [3.63, 3.8) is 0 Å². The van der Waals surface area contributed by atoms with Gasteiger partial charge in [0, 0.05) is 18.2 Å². The van der Waals surface area contributed by atoms with E-state index in [0.717, 1.165) is 0 Å². The number of primary amides is 1. The van der Waals surface area contributed by atoms with Crippen LogP contribution in [0.3, 0.4) is 0 Å². The van der Waals surface area contributed by atoms with Crippen molar-refractivity contribution in [2.75, 3.05) is 0 Å². The maximum atomic E-state index is 12.3. The van der Waals surface area contributed by atoms with E-state index in [2.05, 4.69) is 16.3 Å². The van der Waals surface area contributed by atoms with E-state index < -0.39 is 17.9 Å². The van der Waals surface area contributed by atoms with Gasteiger partial charge in [0.05, 0.1) is 10.7 Å². The first kappa shape index (κ1) is 16.6. The molecule has 1 heterocycles. The first-order chi connectivity index (χ1) is 10.9. The minimum Gasteiger partial charge on any atom is -0.368 e. The van der Waals surface area contributed by atoms with E-state index >= 15 is 0 Å². The maximum Gasteiger partial charge on any atom is 0.272 e. The average Bonchev–Trinajstić information content (AvgIpc) is 2.89. The number of rotatable bonds is 5. The Balaban J connectivity index is 2.28. The Morgan fingerprint density at radius 2 is 2.17 bits per heavy atom. The zero-order valence-electron chi connectivity index (χ0n) is 12.4. The monoisotopic (exact) mass is 330 g/mol. The van der Waals surface area contributed by atoms with Gasteiger partial charge in [-0.05, 0) is 19.1 Å². The number of carbonyl (C=O) groups excluding carboxylic acids is 2.